The molecule has 8 heteroatoms. The van der Waals surface area contributed by atoms with Crippen molar-refractivity contribution < 1.29 is 14.6 Å². The van der Waals surface area contributed by atoms with Gasteiger partial charge in [-0.2, -0.15) is 0 Å². The fraction of sp³-hybridized carbons (Fsp3) is 0.857. The van der Waals surface area contributed by atoms with Gasteiger partial charge in [0, 0.05) is 19.6 Å². The van der Waals surface area contributed by atoms with E-state index in [1.54, 1.807) is 0 Å². The molecule has 0 spiro atoms. The average molecular weight is 301 g/mol. The summed E-state index contributed by atoms with van der Waals surface area (Å²) in [5, 5.41) is 8.34. The third-order valence-electron chi connectivity index (χ3n) is 1.43. The molecule has 0 aromatic heterocycles. The highest BCUT2D eigenvalue weighted by Gasteiger charge is 2.32. The number of aliphatic carboxylic acids is 1. The molecule has 92 valence electrons. The molecule has 0 rings (SSSR count). The van der Waals surface area contributed by atoms with E-state index in [1.807, 2.05) is 0 Å². The molecule has 0 aromatic rings. The molecule has 0 radical (unpaired) electrons. The first kappa shape index (κ1) is 17.9. The lowest BCUT2D eigenvalue weighted by Gasteiger charge is -2.22. The summed E-state index contributed by atoms with van der Waals surface area (Å²) >= 11 is 16.7. The third-order valence-corrected chi connectivity index (χ3v) is 2.16. The van der Waals surface area contributed by atoms with Crippen molar-refractivity contribution in [1.29, 1.82) is 0 Å². The summed E-state index contributed by atoms with van der Waals surface area (Å²) in [6.07, 6.45) is -0.315. The van der Waals surface area contributed by atoms with Gasteiger partial charge in [0.2, 0.25) is 3.79 Å². The third kappa shape index (κ3) is 9.48. The van der Waals surface area contributed by atoms with Gasteiger partial charge in [-0.15, -0.1) is 12.4 Å². The minimum Gasteiger partial charge on any atom is -0.481 e. The first-order chi connectivity index (χ1) is 6.38. The standard InChI is InChI=1S/C7H12Cl3NO3.ClH/c8-7(9,10)5(4-11)14-3-1-2-6(12)13;/h5H,1-4,11H2,(H,12,13);1H. The predicted molar refractivity (Wildman–Crippen MR) is 63.2 cm³/mol. The van der Waals surface area contributed by atoms with Gasteiger partial charge in [-0.25, -0.2) is 0 Å². The van der Waals surface area contributed by atoms with Gasteiger partial charge in [0.15, 0.2) is 0 Å². The Morgan fingerprint density at radius 1 is 1.47 bits per heavy atom. The Morgan fingerprint density at radius 3 is 2.33 bits per heavy atom. The van der Waals surface area contributed by atoms with Crippen LogP contribution in [-0.4, -0.2) is 34.1 Å². The molecular formula is C7H13Cl4NO3. The van der Waals surface area contributed by atoms with E-state index >= 15 is 0 Å². The van der Waals surface area contributed by atoms with Crippen molar-refractivity contribution in [3.8, 4) is 0 Å². The van der Waals surface area contributed by atoms with Crippen molar-refractivity contribution in [1.82, 2.24) is 0 Å². The van der Waals surface area contributed by atoms with Gasteiger partial charge in [0.05, 0.1) is 0 Å². The first-order valence-electron chi connectivity index (χ1n) is 3.98. The van der Waals surface area contributed by atoms with E-state index in [9.17, 15) is 4.79 Å². The van der Waals surface area contributed by atoms with Crippen molar-refractivity contribution in [2.75, 3.05) is 13.2 Å². The molecule has 0 aromatic carbocycles. The summed E-state index contributed by atoms with van der Waals surface area (Å²) in [5.41, 5.74) is 5.31. The number of carbonyl (C=O) groups is 1. The second-order valence-corrected chi connectivity index (χ2v) is 5.00. The molecule has 0 aliphatic rings. The minimum atomic E-state index is -1.57. The summed E-state index contributed by atoms with van der Waals surface area (Å²) in [5.74, 6) is -0.883. The second-order valence-electron chi connectivity index (χ2n) is 2.63. The van der Waals surface area contributed by atoms with Gasteiger partial charge in [-0.05, 0) is 6.42 Å². The number of carboxylic acids is 1. The predicted octanol–water partition coefficient (Wildman–Crippen LogP) is 1.99. The Bertz CT molecular complexity index is 186. The maximum absolute atomic E-state index is 10.2. The van der Waals surface area contributed by atoms with Crippen LogP contribution in [-0.2, 0) is 9.53 Å². The molecule has 15 heavy (non-hydrogen) atoms. The number of hydrogen-bond acceptors (Lipinski definition) is 3. The number of hydrogen-bond donors (Lipinski definition) is 2. The number of carboxylic acid groups (broad SMARTS) is 1. The van der Waals surface area contributed by atoms with Crippen LogP contribution >= 0.6 is 47.2 Å². The summed E-state index contributed by atoms with van der Waals surface area (Å²) in [6, 6.07) is 0. The molecule has 1 atom stereocenters. The summed E-state index contributed by atoms with van der Waals surface area (Å²) in [6.45, 7) is 0.283. The fourth-order valence-electron chi connectivity index (χ4n) is 0.745. The van der Waals surface area contributed by atoms with Crippen LogP contribution < -0.4 is 5.73 Å². The lowest BCUT2D eigenvalue weighted by atomic mass is 10.3. The van der Waals surface area contributed by atoms with E-state index in [4.69, 9.17) is 50.4 Å². The number of nitrogens with two attached hydrogens (primary N) is 1. The largest absolute Gasteiger partial charge is 0.481 e. The molecule has 0 heterocycles. The lowest BCUT2D eigenvalue weighted by Crippen LogP contribution is -2.36. The Morgan fingerprint density at radius 2 is 2.00 bits per heavy atom. The molecule has 0 aliphatic heterocycles. The van der Waals surface area contributed by atoms with Crippen LogP contribution in [0, 0.1) is 0 Å². The normalized spacial score (nSPS) is 13.1. The highest BCUT2D eigenvalue weighted by molar-refractivity contribution is 6.68. The van der Waals surface area contributed by atoms with Gasteiger partial charge >= 0.3 is 5.97 Å². The van der Waals surface area contributed by atoms with Crippen molar-refractivity contribution >= 4 is 53.2 Å². The number of rotatable bonds is 6. The Balaban J connectivity index is 0. The zero-order chi connectivity index (χ0) is 11.2. The van der Waals surface area contributed by atoms with E-state index < -0.39 is 15.9 Å². The molecule has 0 amide bonds. The lowest BCUT2D eigenvalue weighted by molar-refractivity contribution is -0.137. The smallest absolute Gasteiger partial charge is 0.303 e. The van der Waals surface area contributed by atoms with E-state index in [0.29, 0.717) is 6.42 Å². The topological polar surface area (TPSA) is 72.5 Å². The highest BCUT2D eigenvalue weighted by atomic mass is 35.6. The fourth-order valence-corrected chi connectivity index (χ4v) is 1.20. The Kier molecular flexibility index (Phi) is 10.4. The first-order valence-corrected chi connectivity index (χ1v) is 5.11. The monoisotopic (exact) mass is 299 g/mol. The van der Waals surface area contributed by atoms with Gasteiger partial charge < -0.3 is 15.6 Å². The van der Waals surface area contributed by atoms with Crippen molar-refractivity contribution in [3.63, 3.8) is 0 Å². The molecule has 0 saturated carbocycles. The van der Waals surface area contributed by atoms with Crippen LogP contribution in [0.5, 0.6) is 0 Å². The summed E-state index contributed by atoms with van der Waals surface area (Å²) in [4.78, 5) is 10.2. The molecule has 1 unspecified atom stereocenters. The minimum absolute atomic E-state index is 0. The van der Waals surface area contributed by atoms with Crippen LogP contribution in [0.4, 0.5) is 0 Å². The van der Waals surface area contributed by atoms with E-state index in [1.165, 1.54) is 0 Å². The number of ether oxygens (including phenoxy) is 1. The van der Waals surface area contributed by atoms with Crippen molar-refractivity contribution in [2.45, 2.75) is 22.7 Å². The quantitative estimate of drug-likeness (QED) is 0.581. The van der Waals surface area contributed by atoms with E-state index in [2.05, 4.69) is 0 Å². The van der Waals surface area contributed by atoms with Crippen LogP contribution in [0.25, 0.3) is 0 Å². The Labute approximate surface area is 109 Å². The molecule has 0 saturated heterocycles. The van der Waals surface area contributed by atoms with E-state index in [0.717, 1.165) is 0 Å². The van der Waals surface area contributed by atoms with Gasteiger partial charge in [0.25, 0.3) is 0 Å². The average Bonchev–Trinajstić information content (AvgIpc) is 2.01. The Hall–Kier alpha value is 0.550. The second kappa shape index (κ2) is 8.67. The summed E-state index contributed by atoms with van der Waals surface area (Å²) in [7, 11) is 0. The van der Waals surface area contributed by atoms with Crippen molar-refractivity contribution in [3.05, 3.63) is 0 Å². The van der Waals surface area contributed by atoms with Crippen LogP contribution in [0.15, 0.2) is 0 Å². The molecule has 4 nitrogen and oxygen atoms in total. The van der Waals surface area contributed by atoms with E-state index in [-0.39, 0.29) is 32.0 Å². The molecule has 3 N–H and O–H groups in total. The highest BCUT2D eigenvalue weighted by Crippen LogP contribution is 2.31. The van der Waals surface area contributed by atoms with Gasteiger partial charge in [-0.3, -0.25) is 4.79 Å². The maximum Gasteiger partial charge on any atom is 0.303 e. The molecule has 0 aliphatic carbocycles. The maximum atomic E-state index is 10.2. The molecular weight excluding hydrogens is 288 g/mol. The van der Waals surface area contributed by atoms with Crippen LogP contribution in [0.2, 0.25) is 0 Å². The summed E-state index contributed by atoms with van der Waals surface area (Å²) < 4.78 is 3.55. The SMILES string of the molecule is Cl.NCC(OCCCC(=O)O)C(Cl)(Cl)Cl. The van der Waals surface area contributed by atoms with Crippen molar-refractivity contribution in [2.24, 2.45) is 5.73 Å². The number of alkyl halides is 3. The van der Waals surface area contributed by atoms with Gasteiger partial charge in [-0.1, -0.05) is 34.8 Å². The van der Waals surface area contributed by atoms with Gasteiger partial charge in [0.1, 0.15) is 6.10 Å². The molecule has 0 fully saturated rings. The zero-order valence-corrected chi connectivity index (χ0v) is 10.9. The number of halogens is 4. The molecule has 0 bridgehead atoms. The zero-order valence-electron chi connectivity index (χ0n) is 7.79. The van der Waals surface area contributed by atoms with Crippen LogP contribution in [0.1, 0.15) is 12.8 Å². The van der Waals surface area contributed by atoms with Crippen LogP contribution in [0.3, 0.4) is 0 Å².